The Hall–Kier alpha value is -2.25. The van der Waals surface area contributed by atoms with Crippen molar-refractivity contribution in [3.8, 4) is 0 Å². The third kappa shape index (κ3) is 2.84. The highest BCUT2D eigenvalue weighted by Gasteiger charge is 2.43. The maximum atomic E-state index is 13.0. The Labute approximate surface area is 164 Å². The molecule has 0 saturated carbocycles. The number of piperidine rings is 1. The normalized spacial score (nSPS) is 30.4. The van der Waals surface area contributed by atoms with Crippen LogP contribution in [-0.2, 0) is 22.7 Å². The van der Waals surface area contributed by atoms with Gasteiger partial charge in [-0.15, -0.1) is 0 Å². The summed E-state index contributed by atoms with van der Waals surface area (Å²) in [5, 5.41) is 5.86. The Morgan fingerprint density at radius 3 is 2.86 bits per heavy atom. The molecule has 5 rings (SSSR count). The van der Waals surface area contributed by atoms with Gasteiger partial charge in [0.25, 0.3) is 5.91 Å². The number of amides is 3. The van der Waals surface area contributed by atoms with Gasteiger partial charge in [-0.3, -0.25) is 24.6 Å². The van der Waals surface area contributed by atoms with E-state index in [4.69, 9.17) is 0 Å². The first-order chi connectivity index (χ1) is 13.6. The van der Waals surface area contributed by atoms with Gasteiger partial charge in [0, 0.05) is 37.2 Å². The monoisotopic (exact) mass is 382 g/mol. The minimum atomic E-state index is -0.549. The van der Waals surface area contributed by atoms with Gasteiger partial charge in [0.2, 0.25) is 11.8 Å². The second kappa shape index (κ2) is 6.67. The third-order valence-electron chi connectivity index (χ3n) is 6.93. The molecule has 0 aromatic heterocycles. The fourth-order valence-corrected chi connectivity index (χ4v) is 5.38. The molecule has 3 amide bonds. The highest BCUT2D eigenvalue weighted by atomic mass is 16.2. The lowest BCUT2D eigenvalue weighted by Gasteiger charge is -2.34. The van der Waals surface area contributed by atoms with Crippen molar-refractivity contribution in [2.45, 2.75) is 56.8 Å². The molecule has 1 spiro atoms. The molecule has 2 N–H and O–H groups in total. The van der Waals surface area contributed by atoms with Crippen LogP contribution in [0.3, 0.4) is 0 Å². The van der Waals surface area contributed by atoms with Gasteiger partial charge in [-0.05, 0) is 56.0 Å². The number of fused-ring (bicyclic) bond motifs is 1. The molecule has 1 aromatic rings. The van der Waals surface area contributed by atoms with Gasteiger partial charge in [-0.2, -0.15) is 0 Å². The van der Waals surface area contributed by atoms with Gasteiger partial charge >= 0.3 is 0 Å². The van der Waals surface area contributed by atoms with Crippen molar-refractivity contribution in [1.82, 2.24) is 20.4 Å². The van der Waals surface area contributed by atoms with E-state index in [1.165, 1.54) is 19.3 Å². The molecule has 3 fully saturated rings. The molecule has 4 aliphatic heterocycles. The first-order valence-corrected chi connectivity index (χ1v) is 10.3. The number of nitrogens with one attached hydrogen (secondary N) is 2. The van der Waals surface area contributed by atoms with Crippen LogP contribution in [0.4, 0.5) is 0 Å². The number of carbonyl (C=O) groups is 3. The van der Waals surface area contributed by atoms with Crippen molar-refractivity contribution in [3.05, 3.63) is 34.9 Å². The Morgan fingerprint density at radius 2 is 2.07 bits per heavy atom. The number of carbonyl (C=O) groups excluding carboxylic acids is 3. The van der Waals surface area contributed by atoms with Gasteiger partial charge in [0.15, 0.2) is 0 Å². The topological polar surface area (TPSA) is 81.8 Å². The van der Waals surface area contributed by atoms with Crippen LogP contribution in [0.15, 0.2) is 18.2 Å². The van der Waals surface area contributed by atoms with Crippen molar-refractivity contribution < 1.29 is 14.4 Å². The second-order valence-corrected chi connectivity index (χ2v) is 8.57. The van der Waals surface area contributed by atoms with Crippen LogP contribution in [0.25, 0.3) is 0 Å². The summed E-state index contributed by atoms with van der Waals surface area (Å²) < 4.78 is 0. The summed E-state index contributed by atoms with van der Waals surface area (Å²) in [5.41, 5.74) is 3.12. The fourth-order valence-electron chi connectivity index (χ4n) is 5.38. The van der Waals surface area contributed by atoms with E-state index in [0.717, 1.165) is 37.3 Å². The largest absolute Gasteiger partial charge is 0.322 e. The minimum Gasteiger partial charge on any atom is -0.322 e. The summed E-state index contributed by atoms with van der Waals surface area (Å²) in [6.45, 7) is 4.55. The molecule has 0 radical (unpaired) electrons. The molecule has 7 nitrogen and oxygen atoms in total. The molecule has 4 aliphatic rings. The number of nitrogens with zero attached hydrogens (tertiary/aromatic N) is 2. The maximum Gasteiger partial charge on any atom is 0.255 e. The lowest BCUT2D eigenvalue weighted by Crippen LogP contribution is -2.52. The number of hydrogen-bond acceptors (Lipinski definition) is 5. The molecule has 4 heterocycles. The van der Waals surface area contributed by atoms with Crippen molar-refractivity contribution in [1.29, 1.82) is 0 Å². The number of likely N-dealkylation sites (tertiary alicyclic amines) is 1. The zero-order valence-corrected chi connectivity index (χ0v) is 16.0. The van der Waals surface area contributed by atoms with Crippen LogP contribution < -0.4 is 10.6 Å². The predicted molar refractivity (Wildman–Crippen MR) is 102 cm³/mol. The first-order valence-electron chi connectivity index (χ1n) is 10.3. The Kier molecular flexibility index (Phi) is 4.25. The minimum absolute atomic E-state index is 0.0926. The van der Waals surface area contributed by atoms with Crippen molar-refractivity contribution in [2.24, 2.45) is 0 Å². The average Bonchev–Trinajstić information content (AvgIpc) is 3.38. The summed E-state index contributed by atoms with van der Waals surface area (Å²) in [6, 6.07) is 5.61. The molecular formula is C21H26N4O3. The van der Waals surface area contributed by atoms with E-state index in [9.17, 15) is 14.4 Å². The average molecular weight is 382 g/mol. The third-order valence-corrected chi connectivity index (χ3v) is 6.93. The van der Waals surface area contributed by atoms with Crippen LogP contribution in [-0.4, -0.2) is 58.7 Å². The summed E-state index contributed by atoms with van der Waals surface area (Å²) >= 11 is 0. The Balaban J connectivity index is 1.34. The summed E-state index contributed by atoms with van der Waals surface area (Å²) in [4.78, 5) is 40.8. The van der Waals surface area contributed by atoms with E-state index in [2.05, 4.69) is 21.6 Å². The molecule has 3 saturated heterocycles. The molecule has 2 unspecified atom stereocenters. The molecular weight excluding hydrogens is 356 g/mol. The van der Waals surface area contributed by atoms with Crippen molar-refractivity contribution >= 4 is 17.7 Å². The predicted octanol–water partition coefficient (Wildman–Crippen LogP) is 0.776. The highest BCUT2D eigenvalue weighted by Crippen LogP contribution is 2.36. The summed E-state index contributed by atoms with van der Waals surface area (Å²) in [7, 11) is 0. The van der Waals surface area contributed by atoms with Gasteiger partial charge < -0.3 is 10.2 Å². The lowest BCUT2D eigenvalue weighted by molar-refractivity contribution is -0.136. The van der Waals surface area contributed by atoms with E-state index < -0.39 is 6.04 Å². The quantitative estimate of drug-likeness (QED) is 0.755. The molecule has 7 heteroatoms. The van der Waals surface area contributed by atoms with Crippen LogP contribution in [0.2, 0.25) is 0 Å². The van der Waals surface area contributed by atoms with Crippen molar-refractivity contribution in [3.63, 3.8) is 0 Å². The van der Waals surface area contributed by atoms with Crippen LogP contribution in [0.1, 0.15) is 53.6 Å². The molecule has 148 valence electrons. The zero-order valence-electron chi connectivity index (χ0n) is 16.0. The van der Waals surface area contributed by atoms with Crippen LogP contribution >= 0.6 is 0 Å². The van der Waals surface area contributed by atoms with Crippen LogP contribution in [0.5, 0.6) is 0 Å². The molecule has 0 bridgehead atoms. The second-order valence-electron chi connectivity index (χ2n) is 8.57. The SMILES string of the molecule is O=C1CCC(N2Cc3ccc(CN4CCCC45CCNC5)cc3C2=O)C(=O)N1. The molecule has 0 aliphatic carbocycles. The van der Waals surface area contributed by atoms with Crippen molar-refractivity contribution in [2.75, 3.05) is 19.6 Å². The van der Waals surface area contributed by atoms with E-state index in [0.29, 0.717) is 18.5 Å². The zero-order chi connectivity index (χ0) is 19.3. The molecule has 2 atom stereocenters. The smallest absolute Gasteiger partial charge is 0.255 e. The summed E-state index contributed by atoms with van der Waals surface area (Å²) in [6.07, 6.45) is 4.36. The molecule has 28 heavy (non-hydrogen) atoms. The Bertz CT molecular complexity index is 841. The molecule has 1 aromatic carbocycles. The van der Waals surface area contributed by atoms with Gasteiger partial charge in [0.1, 0.15) is 6.04 Å². The highest BCUT2D eigenvalue weighted by molar-refractivity contribution is 6.05. The fraction of sp³-hybridized carbons (Fsp3) is 0.571. The van der Waals surface area contributed by atoms with E-state index in [-0.39, 0.29) is 29.7 Å². The standard InChI is InChI=1S/C21H26N4O3/c26-18-5-4-17(19(27)23-18)25-12-15-3-2-14(10-16(15)20(25)28)11-24-9-1-6-21(24)7-8-22-13-21/h2-3,10,17,22H,1,4-9,11-13H2,(H,23,26,27). The van der Waals surface area contributed by atoms with E-state index in [1.807, 2.05) is 12.1 Å². The van der Waals surface area contributed by atoms with E-state index >= 15 is 0 Å². The van der Waals surface area contributed by atoms with Gasteiger partial charge in [-0.1, -0.05) is 12.1 Å². The summed E-state index contributed by atoms with van der Waals surface area (Å²) in [5.74, 6) is -0.705. The van der Waals surface area contributed by atoms with E-state index in [1.54, 1.807) is 4.90 Å². The Morgan fingerprint density at radius 1 is 1.18 bits per heavy atom. The maximum absolute atomic E-state index is 13.0. The van der Waals surface area contributed by atoms with Gasteiger partial charge in [-0.25, -0.2) is 0 Å². The number of imide groups is 1. The van der Waals surface area contributed by atoms with Crippen LogP contribution in [0, 0.1) is 0 Å². The number of benzene rings is 1. The number of rotatable bonds is 3. The first kappa shape index (κ1) is 17.8. The van der Waals surface area contributed by atoms with Gasteiger partial charge in [0.05, 0.1) is 0 Å². The number of hydrogen-bond donors (Lipinski definition) is 2. The lowest BCUT2D eigenvalue weighted by atomic mass is 9.94.